The van der Waals surface area contributed by atoms with Gasteiger partial charge in [-0.05, 0) is 30.5 Å². The zero-order valence-corrected chi connectivity index (χ0v) is 15.8. The third kappa shape index (κ3) is 4.93. The molecule has 1 aromatic carbocycles. The monoisotopic (exact) mass is 374 g/mol. The molecule has 124 valence electrons. The lowest BCUT2D eigenvalue weighted by atomic mass is 10.2. The minimum atomic E-state index is 0.0293. The number of aromatic nitrogens is 1. The minimum Gasteiger partial charge on any atom is -0.355 e. The van der Waals surface area contributed by atoms with Crippen molar-refractivity contribution in [1.29, 1.82) is 0 Å². The highest BCUT2D eigenvalue weighted by Crippen LogP contribution is 2.25. The molecule has 3 nitrogen and oxygen atoms in total. The molecule has 0 bridgehead atoms. The van der Waals surface area contributed by atoms with Gasteiger partial charge in [0.2, 0.25) is 5.91 Å². The van der Waals surface area contributed by atoms with E-state index >= 15 is 0 Å². The first-order valence-corrected chi connectivity index (χ1v) is 10.4. The first-order chi connectivity index (χ1) is 11.7. The molecule has 0 spiro atoms. The number of nitrogens with one attached hydrogen (secondary N) is 1. The highest BCUT2D eigenvalue weighted by atomic mass is 32.2. The Bertz CT molecular complexity index is 779. The number of benzene rings is 1. The molecule has 0 saturated carbocycles. The predicted octanol–water partition coefficient (Wildman–Crippen LogP) is 4.63. The van der Waals surface area contributed by atoms with E-state index in [2.05, 4.69) is 52.9 Å². The number of thioether (sulfide) groups is 1. The number of aryl methyl sites for hydroxylation is 1. The molecule has 0 aliphatic carbocycles. The molecule has 0 aliphatic heterocycles. The van der Waals surface area contributed by atoms with Gasteiger partial charge in [0.05, 0.1) is 12.1 Å². The lowest BCUT2D eigenvalue weighted by molar-refractivity contribution is -0.120. The largest absolute Gasteiger partial charge is 0.355 e. The highest BCUT2D eigenvalue weighted by Gasteiger charge is 2.09. The molecule has 0 aliphatic rings. The van der Waals surface area contributed by atoms with Crippen molar-refractivity contribution in [1.82, 2.24) is 10.3 Å². The average molecular weight is 375 g/mol. The lowest BCUT2D eigenvalue weighted by Gasteiger charge is -2.04. The number of thiophene rings is 1. The summed E-state index contributed by atoms with van der Waals surface area (Å²) in [6, 6.07) is 10.5. The van der Waals surface area contributed by atoms with E-state index in [-0.39, 0.29) is 5.91 Å². The van der Waals surface area contributed by atoms with Crippen LogP contribution in [-0.4, -0.2) is 23.2 Å². The summed E-state index contributed by atoms with van der Waals surface area (Å²) in [5.41, 5.74) is 3.23. The first kappa shape index (κ1) is 17.2. The lowest BCUT2D eigenvalue weighted by Crippen LogP contribution is -2.27. The van der Waals surface area contributed by atoms with Gasteiger partial charge in [-0.2, -0.15) is 11.3 Å². The van der Waals surface area contributed by atoms with Crippen molar-refractivity contribution in [2.45, 2.75) is 18.2 Å². The fourth-order valence-corrected chi connectivity index (χ4v) is 4.43. The van der Waals surface area contributed by atoms with Gasteiger partial charge in [0.15, 0.2) is 0 Å². The van der Waals surface area contributed by atoms with Crippen LogP contribution in [-0.2, 0) is 11.2 Å². The Morgan fingerprint density at radius 2 is 2.04 bits per heavy atom. The molecule has 0 fully saturated rings. The van der Waals surface area contributed by atoms with Crippen LogP contribution in [0.25, 0.3) is 10.6 Å². The van der Waals surface area contributed by atoms with Gasteiger partial charge in [0.1, 0.15) is 5.01 Å². The van der Waals surface area contributed by atoms with Crippen molar-refractivity contribution in [3.63, 3.8) is 0 Å². The van der Waals surface area contributed by atoms with Crippen molar-refractivity contribution in [2.24, 2.45) is 0 Å². The zero-order valence-electron chi connectivity index (χ0n) is 13.3. The standard InChI is InChI=1S/C18H18N2OS3/c1-13-2-4-16(5-3-13)23-9-7-19-17(21)10-15-12-24-18(20-15)14-6-8-22-11-14/h2-6,8,11-12H,7,9-10H2,1H3,(H,19,21). The maximum Gasteiger partial charge on any atom is 0.226 e. The van der Waals surface area contributed by atoms with Crippen LogP contribution in [0, 0.1) is 6.92 Å². The second-order valence-electron chi connectivity index (χ2n) is 5.34. The van der Waals surface area contributed by atoms with E-state index < -0.39 is 0 Å². The quantitative estimate of drug-likeness (QED) is 0.484. The van der Waals surface area contributed by atoms with E-state index in [1.165, 1.54) is 10.5 Å². The Hall–Kier alpha value is -1.63. The van der Waals surface area contributed by atoms with Gasteiger partial charge in [0.25, 0.3) is 0 Å². The Balaban J connectivity index is 1.40. The van der Waals surface area contributed by atoms with Gasteiger partial charge in [-0.1, -0.05) is 17.7 Å². The maximum absolute atomic E-state index is 12.0. The number of thiazole rings is 1. The van der Waals surface area contributed by atoms with Crippen LogP contribution in [0.2, 0.25) is 0 Å². The normalized spacial score (nSPS) is 10.7. The molecule has 24 heavy (non-hydrogen) atoms. The molecule has 0 saturated heterocycles. The van der Waals surface area contributed by atoms with Gasteiger partial charge in [0, 0.05) is 33.5 Å². The van der Waals surface area contributed by atoms with E-state index in [0.29, 0.717) is 13.0 Å². The van der Waals surface area contributed by atoms with Crippen LogP contribution in [0.5, 0.6) is 0 Å². The number of hydrogen-bond donors (Lipinski definition) is 1. The van der Waals surface area contributed by atoms with Gasteiger partial charge in [-0.25, -0.2) is 4.98 Å². The number of carbonyl (C=O) groups is 1. The molecule has 2 aromatic heterocycles. The van der Waals surface area contributed by atoms with Crippen LogP contribution in [0.4, 0.5) is 0 Å². The molecular formula is C18H18N2OS3. The van der Waals surface area contributed by atoms with E-state index in [1.807, 2.05) is 10.8 Å². The number of nitrogens with zero attached hydrogens (tertiary/aromatic N) is 1. The Kier molecular flexibility index (Phi) is 6.07. The van der Waals surface area contributed by atoms with Gasteiger partial charge < -0.3 is 5.32 Å². The number of rotatable bonds is 7. The molecule has 1 amide bonds. The average Bonchev–Trinajstić information content (AvgIpc) is 3.24. The summed E-state index contributed by atoms with van der Waals surface area (Å²) >= 11 is 5.00. The third-order valence-electron chi connectivity index (χ3n) is 3.38. The zero-order chi connectivity index (χ0) is 16.8. The molecule has 3 aromatic rings. The molecule has 6 heteroatoms. The summed E-state index contributed by atoms with van der Waals surface area (Å²) in [4.78, 5) is 17.8. The SMILES string of the molecule is Cc1ccc(SCCNC(=O)Cc2csc(-c3ccsc3)n2)cc1. The van der Waals surface area contributed by atoms with Gasteiger partial charge >= 0.3 is 0 Å². The van der Waals surface area contributed by atoms with Crippen LogP contribution in [0.1, 0.15) is 11.3 Å². The highest BCUT2D eigenvalue weighted by molar-refractivity contribution is 7.99. The van der Waals surface area contributed by atoms with Gasteiger partial charge in [-0.3, -0.25) is 4.79 Å². The number of amides is 1. The molecular weight excluding hydrogens is 356 g/mol. The fourth-order valence-electron chi connectivity index (χ4n) is 2.13. The second kappa shape index (κ2) is 8.46. The van der Waals surface area contributed by atoms with Gasteiger partial charge in [-0.15, -0.1) is 23.1 Å². The Labute approximate surface area is 154 Å². The van der Waals surface area contributed by atoms with E-state index in [4.69, 9.17) is 0 Å². The molecule has 1 N–H and O–H groups in total. The second-order valence-corrected chi connectivity index (χ2v) is 8.15. The van der Waals surface area contributed by atoms with E-state index in [1.54, 1.807) is 34.4 Å². The molecule has 3 rings (SSSR count). The van der Waals surface area contributed by atoms with Crippen molar-refractivity contribution in [3.05, 3.63) is 57.7 Å². The number of carbonyl (C=O) groups excluding carboxylic acids is 1. The molecule has 2 heterocycles. The van der Waals surface area contributed by atoms with Crippen LogP contribution < -0.4 is 5.32 Å². The Morgan fingerprint density at radius 3 is 2.79 bits per heavy atom. The summed E-state index contributed by atoms with van der Waals surface area (Å²) in [6.07, 6.45) is 0.343. The minimum absolute atomic E-state index is 0.0293. The molecule has 0 unspecified atom stereocenters. The molecule has 0 atom stereocenters. The van der Waals surface area contributed by atoms with Crippen molar-refractivity contribution < 1.29 is 4.79 Å². The van der Waals surface area contributed by atoms with Crippen molar-refractivity contribution in [3.8, 4) is 10.6 Å². The summed E-state index contributed by atoms with van der Waals surface area (Å²) in [5, 5.41) is 10.0. The van der Waals surface area contributed by atoms with E-state index in [9.17, 15) is 4.79 Å². The molecule has 0 radical (unpaired) electrons. The topological polar surface area (TPSA) is 42.0 Å². The van der Waals surface area contributed by atoms with Crippen LogP contribution in [0.15, 0.2) is 51.4 Å². The van der Waals surface area contributed by atoms with Crippen LogP contribution >= 0.6 is 34.4 Å². The third-order valence-corrected chi connectivity index (χ3v) is 6.01. The van der Waals surface area contributed by atoms with Crippen molar-refractivity contribution in [2.75, 3.05) is 12.3 Å². The smallest absolute Gasteiger partial charge is 0.226 e. The Morgan fingerprint density at radius 1 is 1.21 bits per heavy atom. The first-order valence-electron chi connectivity index (χ1n) is 7.64. The predicted molar refractivity (Wildman–Crippen MR) is 104 cm³/mol. The van der Waals surface area contributed by atoms with E-state index in [0.717, 1.165) is 22.0 Å². The summed E-state index contributed by atoms with van der Waals surface area (Å²) in [6.45, 7) is 2.75. The number of hydrogen-bond acceptors (Lipinski definition) is 5. The fraction of sp³-hybridized carbons (Fsp3) is 0.222. The maximum atomic E-state index is 12.0. The summed E-state index contributed by atoms with van der Waals surface area (Å²) in [5.74, 6) is 0.896. The van der Waals surface area contributed by atoms with Crippen molar-refractivity contribution >= 4 is 40.3 Å². The summed E-state index contributed by atoms with van der Waals surface area (Å²) in [7, 11) is 0. The van der Waals surface area contributed by atoms with Crippen LogP contribution in [0.3, 0.4) is 0 Å². The summed E-state index contributed by atoms with van der Waals surface area (Å²) < 4.78 is 0.